The number of carbonyl (C=O) groups excluding carboxylic acids is 1. The Bertz CT molecular complexity index is 833. The molecule has 0 N–H and O–H groups in total. The van der Waals surface area contributed by atoms with Gasteiger partial charge < -0.3 is 13.8 Å². The molecule has 0 aliphatic heterocycles. The van der Waals surface area contributed by atoms with Crippen LogP contribution in [0.4, 0.5) is 0 Å². The summed E-state index contributed by atoms with van der Waals surface area (Å²) in [6, 6.07) is 9.55. The molecule has 0 aliphatic carbocycles. The fourth-order valence-electron chi connectivity index (χ4n) is 2.41. The molecule has 2 aromatic heterocycles. The first-order valence-electron chi connectivity index (χ1n) is 7.81. The molecular formula is C18H19N3O3. The third-order valence-electron chi connectivity index (χ3n) is 3.86. The van der Waals surface area contributed by atoms with Crippen LogP contribution in [-0.2, 0) is 6.54 Å². The lowest BCUT2D eigenvalue weighted by Crippen LogP contribution is -2.30. The second-order valence-electron chi connectivity index (χ2n) is 5.59. The van der Waals surface area contributed by atoms with Gasteiger partial charge in [-0.2, -0.15) is 4.98 Å². The first-order chi connectivity index (χ1) is 11.6. The highest BCUT2D eigenvalue weighted by Crippen LogP contribution is 2.18. The maximum atomic E-state index is 12.6. The normalized spacial score (nSPS) is 10.8. The van der Waals surface area contributed by atoms with Crippen LogP contribution in [0.25, 0.3) is 11.4 Å². The predicted molar refractivity (Wildman–Crippen MR) is 88.3 cm³/mol. The van der Waals surface area contributed by atoms with Gasteiger partial charge in [-0.1, -0.05) is 35.0 Å². The molecular weight excluding hydrogens is 306 g/mol. The van der Waals surface area contributed by atoms with Gasteiger partial charge in [0.2, 0.25) is 11.7 Å². The minimum absolute atomic E-state index is 0.112. The van der Waals surface area contributed by atoms with E-state index in [1.54, 1.807) is 17.9 Å². The molecule has 24 heavy (non-hydrogen) atoms. The summed E-state index contributed by atoms with van der Waals surface area (Å²) < 4.78 is 10.5. The number of furan rings is 1. The third-order valence-corrected chi connectivity index (χ3v) is 3.86. The SMILES string of the molecule is CCN(Cc1nc(-c2ccc(C)cc2)no1)C(=O)c1ccoc1C. The summed E-state index contributed by atoms with van der Waals surface area (Å²) in [6.07, 6.45) is 1.51. The summed E-state index contributed by atoms with van der Waals surface area (Å²) in [5, 5.41) is 4.00. The van der Waals surface area contributed by atoms with Crippen molar-refractivity contribution in [1.82, 2.24) is 15.0 Å². The molecule has 0 radical (unpaired) electrons. The summed E-state index contributed by atoms with van der Waals surface area (Å²) in [6.45, 7) is 6.49. The molecule has 1 aromatic carbocycles. The maximum absolute atomic E-state index is 12.6. The molecule has 0 saturated carbocycles. The van der Waals surface area contributed by atoms with Gasteiger partial charge >= 0.3 is 0 Å². The molecule has 124 valence electrons. The van der Waals surface area contributed by atoms with Crippen LogP contribution >= 0.6 is 0 Å². The Balaban J connectivity index is 1.76. The van der Waals surface area contributed by atoms with E-state index in [0.29, 0.717) is 29.6 Å². The van der Waals surface area contributed by atoms with E-state index in [4.69, 9.17) is 8.94 Å². The van der Waals surface area contributed by atoms with Crippen LogP contribution < -0.4 is 0 Å². The van der Waals surface area contributed by atoms with Crippen LogP contribution in [0.1, 0.15) is 34.5 Å². The molecule has 0 fully saturated rings. The number of rotatable bonds is 5. The van der Waals surface area contributed by atoms with Gasteiger partial charge in [0.1, 0.15) is 12.3 Å². The van der Waals surface area contributed by atoms with Crippen molar-refractivity contribution < 1.29 is 13.7 Å². The third kappa shape index (κ3) is 3.22. The number of amides is 1. The average Bonchev–Trinajstić information content (AvgIpc) is 3.21. The van der Waals surface area contributed by atoms with E-state index in [0.717, 1.165) is 5.56 Å². The monoisotopic (exact) mass is 325 g/mol. The Hall–Kier alpha value is -2.89. The highest BCUT2D eigenvalue weighted by molar-refractivity contribution is 5.95. The molecule has 0 spiro atoms. The first-order valence-corrected chi connectivity index (χ1v) is 7.81. The highest BCUT2D eigenvalue weighted by atomic mass is 16.5. The van der Waals surface area contributed by atoms with Crippen LogP contribution in [0.5, 0.6) is 0 Å². The Labute approximate surface area is 140 Å². The maximum Gasteiger partial charge on any atom is 0.257 e. The van der Waals surface area contributed by atoms with Gasteiger partial charge in [-0.05, 0) is 26.8 Å². The molecule has 0 bridgehead atoms. The van der Waals surface area contributed by atoms with Gasteiger partial charge in [-0.15, -0.1) is 0 Å². The molecule has 0 unspecified atom stereocenters. The standard InChI is InChI=1S/C18H19N3O3/c1-4-21(18(22)15-9-10-23-13(15)3)11-16-19-17(20-24-16)14-7-5-12(2)6-8-14/h5-10H,4,11H2,1-3H3. The van der Waals surface area contributed by atoms with Crippen LogP contribution in [0.15, 0.2) is 45.5 Å². The number of benzene rings is 1. The second-order valence-corrected chi connectivity index (χ2v) is 5.59. The van der Waals surface area contributed by atoms with E-state index in [1.165, 1.54) is 11.8 Å². The van der Waals surface area contributed by atoms with Gasteiger partial charge in [0, 0.05) is 12.1 Å². The van der Waals surface area contributed by atoms with Crippen molar-refractivity contribution in [2.75, 3.05) is 6.54 Å². The lowest BCUT2D eigenvalue weighted by Gasteiger charge is -2.18. The van der Waals surface area contributed by atoms with Gasteiger partial charge in [-0.3, -0.25) is 4.79 Å². The van der Waals surface area contributed by atoms with Crippen LogP contribution in [0, 0.1) is 13.8 Å². The molecule has 0 saturated heterocycles. The van der Waals surface area contributed by atoms with E-state index < -0.39 is 0 Å². The number of carbonyl (C=O) groups is 1. The fourth-order valence-corrected chi connectivity index (χ4v) is 2.41. The van der Waals surface area contributed by atoms with Crippen LogP contribution in [-0.4, -0.2) is 27.5 Å². The molecule has 1 amide bonds. The molecule has 0 aliphatic rings. The first kappa shape index (κ1) is 16.0. The second kappa shape index (κ2) is 6.70. The summed E-state index contributed by atoms with van der Waals surface area (Å²) in [5.74, 6) is 1.41. The summed E-state index contributed by atoms with van der Waals surface area (Å²) >= 11 is 0. The zero-order valence-corrected chi connectivity index (χ0v) is 13.9. The Kier molecular flexibility index (Phi) is 4.46. The van der Waals surface area contributed by atoms with Gasteiger partial charge in [0.15, 0.2) is 0 Å². The molecule has 3 aromatic rings. The van der Waals surface area contributed by atoms with Crippen molar-refractivity contribution >= 4 is 5.91 Å². The Morgan fingerprint density at radius 2 is 1.92 bits per heavy atom. The molecule has 6 nitrogen and oxygen atoms in total. The van der Waals surface area contributed by atoms with Crippen molar-refractivity contribution in [2.45, 2.75) is 27.3 Å². The quantitative estimate of drug-likeness (QED) is 0.716. The van der Waals surface area contributed by atoms with Gasteiger partial charge in [0.25, 0.3) is 5.91 Å². The number of hydrogen-bond acceptors (Lipinski definition) is 5. The number of hydrogen-bond donors (Lipinski definition) is 0. The molecule has 3 rings (SSSR count). The fraction of sp³-hybridized carbons (Fsp3) is 0.278. The number of aromatic nitrogens is 2. The van der Waals surface area contributed by atoms with E-state index in [2.05, 4.69) is 10.1 Å². The van der Waals surface area contributed by atoms with E-state index >= 15 is 0 Å². The zero-order valence-electron chi connectivity index (χ0n) is 13.9. The minimum atomic E-state index is -0.112. The topological polar surface area (TPSA) is 72.4 Å². The van der Waals surface area contributed by atoms with Crippen molar-refractivity contribution in [2.24, 2.45) is 0 Å². The Morgan fingerprint density at radius 1 is 1.17 bits per heavy atom. The lowest BCUT2D eigenvalue weighted by molar-refractivity contribution is 0.0732. The average molecular weight is 325 g/mol. The van der Waals surface area contributed by atoms with Crippen LogP contribution in [0.2, 0.25) is 0 Å². The minimum Gasteiger partial charge on any atom is -0.469 e. The van der Waals surface area contributed by atoms with Crippen molar-refractivity contribution in [1.29, 1.82) is 0 Å². The largest absolute Gasteiger partial charge is 0.469 e. The van der Waals surface area contributed by atoms with Gasteiger partial charge in [0.05, 0.1) is 11.8 Å². The molecule has 6 heteroatoms. The summed E-state index contributed by atoms with van der Waals surface area (Å²) in [4.78, 5) is 18.6. The van der Waals surface area contributed by atoms with Crippen molar-refractivity contribution in [3.63, 3.8) is 0 Å². The number of nitrogens with zero attached hydrogens (tertiary/aromatic N) is 3. The lowest BCUT2D eigenvalue weighted by atomic mass is 10.1. The van der Waals surface area contributed by atoms with Crippen molar-refractivity contribution in [3.05, 3.63) is 59.4 Å². The highest BCUT2D eigenvalue weighted by Gasteiger charge is 2.20. The molecule has 0 atom stereocenters. The zero-order chi connectivity index (χ0) is 17.1. The summed E-state index contributed by atoms with van der Waals surface area (Å²) in [7, 11) is 0. The van der Waals surface area contributed by atoms with Crippen molar-refractivity contribution in [3.8, 4) is 11.4 Å². The van der Waals surface area contributed by atoms with Crippen LogP contribution in [0.3, 0.4) is 0 Å². The van der Waals surface area contributed by atoms with Gasteiger partial charge in [-0.25, -0.2) is 0 Å². The Morgan fingerprint density at radius 3 is 2.54 bits per heavy atom. The van der Waals surface area contributed by atoms with E-state index in [1.807, 2.05) is 38.1 Å². The summed E-state index contributed by atoms with van der Waals surface area (Å²) in [5.41, 5.74) is 2.60. The number of aryl methyl sites for hydroxylation is 2. The smallest absolute Gasteiger partial charge is 0.257 e. The molecule has 2 heterocycles. The predicted octanol–water partition coefficient (Wildman–Crippen LogP) is 3.61. The van der Waals surface area contributed by atoms with E-state index in [9.17, 15) is 4.79 Å². The van der Waals surface area contributed by atoms with E-state index in [-0.39, 0.29) is 12.5 Å².